The molecule has 0 heterocycles. The molecule has 0 atom stereocenters. The second-order valence-electron chi connectivity index (χ2n) is 11.0. The van der Waals surface area contributed by atoms with Crippen molar-refractivity contribution in [3.05, 3.63) is 29.3 Å². The first-order chi connectivity index (χ1) is 17.1. The summed E-state index contributed by atoms with van der Waals surface area (Å²) in [5, 5.41) is 9.53. The van der Waals surface area contributed by atoms with Crippen molar-refractivity contribution in [3.8, 4) is 11.8 Å². The van der Waals surface area contributed by atoms with Crippen LogP contribution < -0.4 is 4.74 Å². The Bertz CT molecular complexity index is 798. The minimum atomic E-state index is -0.313. The molecule has 4 heteroatoms. The van der Waals surface area contributed by atoms with E-state index in [1.54, 1.807) is 18.2 Å². The van der Waals surface area contributed by atoms with Crippen LogP contribution in [0, 0.1) is 29.1 Å². The number of ether oxygens (including phenoxy) is 2. The van der Waals surface area contributed by atoms with Crippen LogP contribution in [0.15, 0.2) is 18.2 Å². The van der Waals surface area contributed by atoms with Gasteiger partial charge in [0, 0.05) is 0 Å². The summed E-state index contributed by atoms with van der Waals surface area (Å²) in [6, 6.07) is 7.26. The SMILES string of the molecule is CCCCCCOc1ccc(C(=O)OC2CCC(C3CCC(CCCCC)CC3)CC2)cc1C#N. The molecule has 2 aliphatic rings. The molecule has 2 aliphatic carbocycles. The van der Waals surface area contributed by atoms with E-state index in [4.69, 9.17) is 9.47 Å². The number of rotatable bonds is 13. The van der Waals surface area contributed by atoms with Crippen molar-refractivity contribution >= 4 is 5.97 Å². The van der Waals surface area contributed by atoms with Crippen LogP contribution in [-0.4, -0.2) is 18.7 Å². The van der Waals surface area contributed by atoms with Crippen LogP contribution >= 0.6 is 0 Å². The number of hydrogen-bond acceptors (Lipinski definition) is 4. The molecular formula is C31H47NO3. The smallest absolute Gasteiger partial charge is 0.338 e. The van der Waals surface area contributed by atoms with E-state index in [9.17, 15) is 10.1 Å². The van der Waals surface area contributed by atoms with Crippen LogP contribution in [0.2, 0.25) is 0 Å². The van der Waals surface area contributed by atoms with Gasteiger partial charge in [-0.3, -0.25) is 0 Å². The van der Waals surface area contributed by atoms with Crippen LogP contribution in [0.4, 0.5) is 0 Å². The topological polar surface area (TPSA) is 59.3 Å². The molecule has 0 aliphatic heterocycles. The van der Waals surface area contributed by atoms with E-state index in [0.717, 1.165) is 43.4 Å². The molecule has 0 N–H and O–H groups in total. The Balaban J connectivity index is 1.40. The summed E-state index contributed by atoms with van der Waals surface area (Å²) in [4.78, 5) is 12.8. The van der Waals surface area contributed by atoms with Crippen molar-refractivity contribution in [2.45, 2.75) is 123 Å². The first kappa shape index (κ1) is 27.6. The van der Waals surface area contributed by atoms with E-state index in [-0.39, 0.29) is 12.1 Å². The van der Waals surface area contributed by atoms with Gasteiger partial charge in [0.25, 0.3) is 0 Å². The molecule has 3 rings (SSSR count). The summed E-state index contributed by atoms with van der Waals surface area (Å²) in [6.45, 7) is 5.07. The molecule has 1 aromatic carbocycles. The Morgan fingerprint density at radius 2 is 1.54 bits per heavy atom. The van der Waals surface area contributed by atoms with Crippen molar-refractivity contribution in [3.63, 3.8) is 0 Å². The Morgan fingerprint density at radius 1 is 0.886 bits per heavy atom. The number of nitriles is 1. The van der Waals surface area contributed by atoms with Crippen LogP contribution in [-0.2, 0) is 4.74 Å². The molecule has 0 radical (unpaired) electrons. The molecule has 2 fully saturated rings. The van der Waals surface area contributed by atoms with Gasteiger partial charge in [0.15, 0.2) is 0 Å². The summed E-state index contributed by atoms with van der Waals surface area (Å²) >= 11 is 0. The minimum Gasteiger partial charge on any atom is -0.492 e. The van der Waals surface area contributed by atoms with Crippen molar-refractivity contribution in [2.75, 3.05) is 6.61 Å². The number of unbranched alkanes of at least 4 members (excludes halogenated alkanes) is 5. The predicted molar refractivity (Wildman–Crippen MR) is 142 cm³/mol. The first-order valence-corrected chi connectivity index (χ1v) is 14.5. The zero-order chi connectivity index (χ0) is 24.9. The van der Waals surface area contributed by atoms with E-state index in [1.165, 1.54) is 77.0 Å². The third kappa shape index (κ3) is 8.85. The lowest BCUT2D eigenvalue weighted by Crippen LogP contribution is -2.29. The maximum absolute atomic E-state index is 12.8. The van der Waals surface area contributed by atoms with Gasteiger partial charge in [-0.2, -0.15) is 5.26 Å². The third-order valence-corrected chi connectivity index (χ3v) is 8.36. The highest BCUT2D eigenvalue weighted by Gasteiger charge is 2.32. The van der Waals surface area contributed by atoms with Gasteiger partial charge < -0.3 is 9.47 Å². The molecule has 0 bridgehead atoms. The standard InChI is InChI=1S/C31H47NO3/c1-3-5-7-9-21-34-30-20-17-27(22-28(30)23-32)31(33)35-29-18-15-26(16-19-29)25-13-11-24(12-14-25)10-8-6-4-2/h17,20,22,24-26,29H,3-16,18-19,21H2,1-2H3. The number of carbonyl (C=O) groups is 1. The Labute approximate surface area is 213 Å². The molecule has 0 unspecified atom stereocenters. The Morgan fingerprint density at radius 3 is 2.20 bits per heavy atom. The third-order valence-electron chi connectivity index (χ3n) is 8.36. The average molecular weight is 482 g/mol. The lowest BCUT2D eigenvalue weighted by Gasteiger charge is -2.37. The van der Waals surface area contributed by atoms with Gasteiger partial charge in [0.1, 0.15) is 17.9 Å². The van der Waals surface area contributed by atoms with Gasteiger partial charge in [0.05, 0.1) is 17.7 Å². The van der Waals surface area contributed by atoms with E-state index >= 15 is 0 Å². The zero-order valence-electron chi connectivity index (χ0n) is 22.2. The summed E-state index contributed by atoms with van der Waals surface area (Å²) < 4.78 is 11.6. The molecule has 2 saturated carbocycles. The fourth-order valence-corrected chi connectivity index (χ4v) is 6.11. The fourth-order valence-electron chi connectivity index (χ4n) is 6.11. The van der Waals surface area contributed by atoms with Gasteiger partial charge in [0.2, 0.25) is 0 Å². The summed E-state index contributed by atoms with van der Waals surface area (Å²) in [5.74, 6) is 2.89. The van der Waals surface area contributed by atoms with Gasteiger partial charge >= 0.3 is 5.97 Å². The molecule has 4 nitrogen and oxygen atoms in total. The molecule has 35 heavy (non-hydrogen) atoms. The lowest BCUT2D eigenvalue weighted by atomic mass is 9.70. The van der Waals surface area contributed by atoms with Gasteiger partial charge in [-0.25, -0.2) is 4.79 Å². The van der Waals surface area contributed by atoms with Crippen LogP contribution in [0.3, 0.4) is 0 Å². The average Bonchev–Trinajstić information content (AvgIpc) is 2.89. The Kier molecular flexibility index (Phi) is 11.9. The molecule has 0 saturated heterocycles. The fraction of sp³-hybridized carbons (Fsp3) is 0.742. The Hall–Kier alpha value is -2.02. The zero-order valence-corrected chi connectivity index (χ0v) is 22.2. The van der Waals surface area contributed by atoms with Crippen molar-refractivity contribution in [1.82, 2.24) is 0 Å². The van der Waals surface area contributed by atoms with Crippen LogP contribution in [0.25, 0.3) is 0 Å². The quantitative estimate of drug-likeness (QED) is 0.209. The number of hydrogen-bond donors (Lipinski definition) is 0. The molecule has 0 amide bonds. The normalized spacial score (nSPS) is 24.5. The summed E-state index contributed by atoms with van der Waals surface area (Å²) in [6.07, 6.45) is 20.0. The van der Waals surface area contributed by atoms with E-state index in [0.29, 0.717) is 23.5 Å². The lowest BCUT2D eigenvalue weighted by molar-refractivity contribution is 0.0109. The highest BCUT2D eigenvalue weighted by Crippen LogP contribution is 2.41. The van der Waals surface area contributed by atoms with Gasteiger partial charge in [-0.05, 0) is 80.9 Å². The number of benzene rings is 1. The largest absolute Gasteiger partial charge is 0.492 e. The maximum Gasteiger partial charge on any atom is 0.338 e. The second kappa shape index (κ2) is 15.2. The number of esters is 1. The highest BCUT2D eigenvalue weighted by atomic mass is 16.5. The molecule has 1 aromatic rings. The predicted octanol–water partition coefficient (Wildman–Crippen LogP) is 8.62. The first-order valence-electron chi connectivity index (χ1n) is 14.5. The van der Waals surface area contributed by atoms with Crippen LogP contribution in [0.1, 0.15) is 133 Å². The van der Waals surface area contributed by atoms with Crippen molar-refractivity contribution in [2.24, 2.45) is 17.8 Å². The highest BCUT2D eigenvalue weighted by molar-refractivity contribution is 5.90. The molecular weight excluding hydrogens is 434 g/mol. The summed E-state index contributed by atoms with van der Waals surface area (Å²) in [7, 11) is 0. The summed E-state index contributed by atoms with van der Waals surface area (Å²) in [5.41, 5.74) is 0.854. The molecule has 194 valence electrons. The van der Waals surface area contributed by atoms with E-state index < -0.39 is 0 Å². The van der Waals surface area contributed by atoms with Crippen molar-refractivity contribution < 1.29 is 14.3 Å². The second-order valence-corrected chi connectivity index (χ2v) is 11.0. The van der Waals surface area contributed by atoms with Crippen LogP contribution in [0.5, 0.6) is 5.75 Å². The van der Waals surface area contributed by atoms with Gasteiger partial charge in [-0.15, -0.1) is 0 Å². The minimum absolute atomic E-state index is 0.00385. The maximum atomic E-state index is 12.8. The van der Waals surface area contributed by atoms with Crippen molar-refractivity contribution in [1.29, 1.82) is 5.26 Å². The van der Waals surface area contributed by atoms with E-state index in [1.807, 2.05) is 0 Å². The molecule has 0 aromatic heterocycles. The van der Waals surface area contributed by atoms with E-state index in [2.05, 4.69) is 19.9 Å². The monoisotopic (exact) mass is 481 g/mol. The molecule has 0 spiro atoms. The van der Waals surface area contributed by atoms with Gasteiger partial charge in [-0.1, -0.05) is 71.6 Å². The number of nitrogens with zero attached hydrogens (tertiary/aromatic N) is 1. The number of carbonyl (C=O) groups excluding carboxylic acids is 1.